The molecule has 2 nitrogen and oxygen atoms in total. The molecule has 0 aliphatic carbocycles. The topological polar surface area (TPSA) is 23.5 Å². The molecule has 0 saturated heterocycles. The first-order chi connectivity index (χ1) is 7.92. The average Bonchev–Trinajstić information content (AvgIpc) is 2.42. The first-order valence-electron chi connectivity index (χ1n) is 5.83. The summed E-state index contributed by atoms with van der Waals surface area (Å²) in [5, 5.41) is 7.00. The van der Waals surface area contributed by atoms with Crippen LogP contribution < -0.4 is 4.90 Å². The number of rotatable bonds is 1. The van der Waals surface area contributed by atoms with Gasteiger partial charge in [-0.25, -0.2) is 0 Å². The monoisotopic (exact) mass is 241 g/mol. The zero-order chi connectivity index (χ0) is 12.4. The van der Waals surface area contributed by atoms with Gasteiger partial charge in [-0.05, 0) is 19.1 Å². The van der Waals surface area contributed by atoms with E-state index in [1.165, 1.54) is 22.9 Å². The number of benzene rings is 1. The minimum absolute atomic E-state index is 1.00. The molecule has 1 heterocycles. The number of anilines is 1. The van der Waals surface area contributed by atoms with E-state index in [0.717, 1.165) is 13.7 Å². The molecule has 0 saturated carbocycles. The van der Waals surface area contributed by atoms with Gasteiger partial charge in [0.1, 0.15) is 0 Å². The van der Waals surface area contributed by atoms with Crippen LogP contribution in [0.5, 0.6) is 0 Å². The largest absolute Gasteiger partial charge is 0.400 e. The Kier molecular flexibility index (Phi) is 9.15. The molecule has 1 N–H and O–H groups in total. The van der Waals surface area contributed by atoms with Crippen molar-refractivity contribution < 1.29 is 5.11 Å². The standard InChI is InChI=1S/C10H13NS.C2H6.CH4O/c1-2-11-7-8-12-10-6-4-3-5-9(10)11;2*1-2/h3-6H,2,7-8H2,1H3;1-2H3;2H,1H3. The van der Waals surface area contributed by atoms with E-state index in [1.807, 2.05) is 25.6 Å². The number of nitrogens with zero attached hydrogens (tertiary/aromatic N) is 1. The molecule has 1 aliphatic heterocycles. The van der Waals surface area contributed by atoms with Gasteiger partial charge in [-0.1, -0.05) is 26.0 Å². The van der Waals surface area contributed by atoms with Gasteiger partial charge in [-0.3, -0.25) is 0 Å². The lowest BCUT2D eigenvalue weighted by Crippen LogP contribution is -2.28. The van der Waals surface area contributed by atoms with Crippen molar-refractivity contribution in [2.45, 2.75) is 25.7 Å². The van der Waals surface area contributed by atoms with Crippen molar-refractivity contribution in [1.29, 1.82) is 0 Å². The Labute approximate surface area is 104 Å². The van der Waals surface area contributed by atoms with Gasteiger partial charge in [0.15, 0.2) is 0 Å². The molecule has 0 aromatic heterocycles. The molecule has 0 fully saturated rings. The number of fused-ring (bicyclic) bond motifs is 1. The number of para-hydroxylation sites is 1. The maximum Gasteiger partial charge on any atom is 0.0504 e. The third-order valence-electron chi connectivity index (χ3n) is 2.21. The highest BCUT2D eigenvalue weighted by molar-refractivity contribution is 7.99. The van der Waals surface area contributed by atoms with E-state index >= 15 is 0 Å². The van der Waals surface area contributed by atoms with Gasteiger partial charge in [-0.15, -0.1) is 11.8 Å². The van der Waals surface area contributed by atoms with E-state index in [2.05, 4.69) is 36.1 Å². The quantitative estimate of drug-likeness (QED) is 0.816. The average molecular weight is 241 g/mol. The Balaban J connectivity index is 0.000000509. The molecule has 2 rings (SSSR count). The fraction of sp³-hybridized carbons (Fsp3) is 0.538. The molecule has 0 bridgehead atoms. The van der Waals surface area contributed by atoms with Crippen LogP contribution in [0, 0.1) is 0 Å². The van der Waals surface area contributed by atoms with Crippen LogP contribution in [0.4, 0.5) is 5.69 Å². The summed E-state index contributed by atoms with van der Waals surface area (Å²) in [6.45, 7) is 8.53. The number of aliphatic hydroxyl groups excluding tert-OH is 1. The van der Waals surface area contributed by atoms with Crippen molar-refractivity contribution in [3.05, 3.63) is 24.3 Å². The summed E-state index contributed by atoms with van der Waals surface area (Å²) in [4.78, 5) is 3.87. The van der Waals surface area contributed by atoms with Crippen molar-refractivity contribution in [3.63, 3.8) is 0 Å². The summed E-state index contributed by atoms with van der Waals surface area (Å²) in [5.74, 6) is 1.23. The second-order valence-corrected chi connectivity index (χ2v) is 4.03. The fourth-order valence-electron chi connectivity index (χ4n) is 1.56. The van der Waals surface area contributed by atoms with Crippen LogP contribution in [0.1, 0.15) is 20.8 Å². The third kappa shape index (κ3) is 4.06. The molecule has 0 amide bonds. The molecule has 0 spiro atoms. The summed E-state index contributed by atoms with van der Waals surface area (Å²) in [6.07, 6.45) is 0. The van der Waals surface area contributed by atoms with Gasteiger partial charge >= 0.3 is 0 Å². The Hall–Kier alpha value is -0.670. The minimum Gasteiger partial charge on any atom is -0.400 e. The summed E-state index contributed by atoms with van der Waals surface area (Å²) >= 11 is 1.97. The first kappa shape index (κ1) is 15.3. The van der Waals surface area contributed by atoms with Crippen LogP contribution in [-0.4, -0.2) is 31.1 Å². The van der Waals surface area contributed by atoms with E-state index in [1.54, 1.807) is 0 Å². The number of thioether (sulfide) groups is 1. The highest BCUT2D eigenvalue weighted by Crippen LogP contribution is 2.33. The Morgan fingerprint density at radius 2 is 1.88 bits per heavy atom. The third-order valence-corrected chi connectivity index (χ3v) is 3.25. The Morgan fingerprint density at radius 1 is 1.25 bits per heavy atom. The second kappa shape index (κ2) is 9.55. The van der Waals surface area contributed by atoms with Crippen molar-refractivity contribution in [2.75, 3.05) is 30.9 Å². The van der Waals surface area contributed by atoms with Gasteiger partial charge in [0.2, 0.25) is 0 Å². The number of hydrogen-bond acceptors (Lipinski definition) is 3. The Morgan fingerprint density at radius 3 is 2.50 bits per heavy atom. The zero-order valence-corrected chi connectivity index (χ0v) is 11.5. The molecule has 16 heavy (non-hydrogen) atoms. The molecular weight excluding hydrogens is 218 g/mol. The lowest BCUT2D eigenvalue weighted by Gasteiger charge is -2.29. The fourth-order valence-corrected chi connectivity index (χ4v) is 2.61. The normalized spacial score (nSPS) is 12.7. The predicted molar refractivity (Wildman–Crippen MR) is 74.5 cm³/mol. The van der Waals surface area contributed by atoms with Crippen LogP contribution in [0.15, 0.2) is 29.2 Å². The van der Waals surface area contributed by atoms with Crippen LogP contribution in [0.3, 0.4) is 0 Å². The van der Waals surface area contributed by atoms with Gasteiger partial charge in [0.25, 0.3) is 0 Å². The van der Waals surface area contributed by atoms with Crippen molar-refractivity contribution >= 4 is 17.4 Å². The number of aliphatic hydroxyl groups is 1. The maximum atomic E-state index is 7.00. The smallest absolute Gasteiger partial charge is 0.0504 e. The van der Waals surface area contributed by atoms with Crippen LogP contribution in [-0.2, 0) is 0 Å². The van der Waals surface area contributed by atoms with Crippen molar-refractivity contribution in [2.24, 2.45) is 0 Å². The molecule has 1 aliphatic rings. The highest BCUT2D eigenvalue weighted by Gasteiger charge is 2.13. The molecule has 1 aromatic rings. The van der Waals surface area contributed by atoms with E-state index in [-0.39, 0.29) is 0 Å². The summed E-state index contributed by atoms with van der Waals surface area (Å²) in [7, 11) is 1.00. The first-order valence-corrected chi connectivity index (χ1v) is 6.82. The van der Waals surface area contributed by atoms with Crippen molar-refractivity contribution in [1.82, 2.24) is 0 Å². The predicted octanol–water partition coefficient (Wildman–Crippen LogP) is 3.25. The van der Waals surface area contributed by atoms with Crippen molar-refractivity contribution in [3.8, 4) is 0 Å². The molecular formula is C13H23NOS. The molecule has 0 unspecified atom stereocenters. The summed E-state index contributed by atoms with van der Waals surface area (Å²) < 4.78 is 0. The van der Waals surface area contributed by atoms with E-state index in [0.29, 0.717) is 0 Å². The highest BCUT2D eigenvalue weighted by atomic mass is 32.2. The van der Waals surface area contributed by atoms with Gasteiger partial charge < -0.3 is 10.0 Å². The molecule has 92 valence electrons. The van der Waals surface area contributed by atoms with Gasteiger partial charge in [0, 0.05) is 30.8 Å². The van der Waals surface area contributed by atoms with E-state index in [9.17, 15) is 0 Å². The minimum atomic E-state index is 1.00. The zero-order valence-electron chi connectivity index (χ0n) is 10.7. The molecule has 0 radical (unpaired) electrons. The molecule has 1 aromatic carbocycles. The molecule has 3 heteroatoms. The van der Waals surface area contributed by atoms with E-state index in [4.69, 9.17) is 5.11 Å². The lowest BCUT2D eigenvalue weighted by atomic mass is 10.3. The van der Waals surface area contributed by atoms with Crippen LogP contribution in [0.2, 0.25) is 0 Å². The lowest BCUT2D eigenvalue weighted by molar-refractivity contribution is 0.399. The van der Waals surface area contributed by atoms with Crippen LogP contribution >= 0.6 is 11.8 Å². The SMILES string of the molecule is CC.CCN1CCSc2ccccc21.CO. The van der Waals surface area contributed by atoms with Crippen LogP contribution in [0.25, 0.3) is 0 Å². The summed E-state index contributed by atoms with van der Waals surface area (Å²) in [6, 6.07) is 8.66. The Bertz CT molecular complexity index is 278. The summed E-state index contributed by atoms with van der Waals surface area (Å²) in [5.41, 5.74) is 1.41. The van der Waals surface area contributed by atoms with E-state index < -0.39 is 0 Å². The maximum absolute atomic E-state index is 7.00. The second-order valence-electron chi connectivity index (χ2n) is 2.90. The number of hydrogen-bond donors (Lipinski definition) is 1. The molecule has 0 atom stereocenters. The van der Waals surface area contributed by atoms with Gasteiger partial charge in [-0.2, -0.15) is 0 Å². The van der Waals surface area contributed by atoms with Gasteiger partial charge in [0.05, 0.1) is 5.69 Å².